The van der Waals surface area contributed by atoms with Gasteiger partial charge in [-0.3, -0.25) is 19.7 Å². The molecule has 1 atom stereocenters. The van der Waals surface area contributed by atoms with E-state index in [2.05, 4.69) is 25.5 Å². The number of hydrogen-bond acceptors (Lipinski definition) is 6. The maximum absolute atomic E-state index is 13.3. The van der Waals surface area contributed by atoms with Gasteiger partial charge in [0.15, 0.2) is 5.60 Å². The van der Waals surface area contributed by atoms with Gasteiger partial charge in [0.25, 0.3) is 11.8 Å². The van der Waals surface area contributed by atoms with Gasteiger partial charge < -0.3 is 15.0 Å². The van der Waals surface area contributed by atoms with Crippen molar-refractivity contribution in [1.29, 1.82) is 0 Å². The molecule has 0 saturated carbocycles. The van der Waals surface area contributed by atoms with Gasteiger partial charge in [-0.15, -0.1) is 0 Å². The summed E-state index contributed by atoms with van der Waals surface area (Å²) in [6.07, 6.45) is 5.17. The fourth-order valence-corrected chi connectivity index (χ4v) is 3.81. The monoisotopic (exact) mass is 434 g/mol. The number of pyridine rings is 1. The van der Waals surface area contributed by atoms with Crippen LogP contribution in [-0.4, -0.2) is 68.2 Å². The highest BCUT2D eigenvalue weighted by atomic mass is 16.5. The van der Waals surface area contributed by atoms with E-state index < -0.39 is 5.60 Å². The van der Waals surface area contributed by atoms with Gasteiger partial charge in [-0.2, -0.15) is 5.10 Å². The van der Waals surface area contributed by atoms with Gasteiger partial charge in [-0.05, 0) is 36.6 Å². The summed E-state index contributed by atoms with van der Waals surface area (Å²) in [6.45, 7) is 4.54. The van der Waals surface area contributed by atoms with Crippen molar-refractivity contribution in [3.63, 3.8) is 0 Å². The average Bonchev–Trinajstić information content (AvgIpc) is 3.34. The summed E-state index contributed by atoms with van der Waals surface area (Å²) in [5, 5.41) is 9.31. The molecule has 3 heterocycles. The minimum Gasteiger partial charge on any atom is -0.361 e. The number of carbonyl (C=O) groups is 2. The molecule has 166 valence electrons. The normalized spacial score (nSPS) is 18.5. The summed E-state index contributed by atoms with van der Waals surface area (Å²) >= 11 is 0. The zero-order valence-corrected chi connectivity index (χ0v) is 18.1. The third-order valence-electron chi connectivity index (χ3n) is 5.36. The second-order valence-corrected chi connectivity index (χ2v) is 8.15. The zero-order chi connectivity index (χ0) is 22.6. The fraction of sp³-hybridized carbons (Fsp3) is 0.348. The van der Waals surface area contributed by atoms with Crippen molar-refractivity contribution in [3.05, 3.63) is 66.5 Å². The smallest absolute Gasteiger partial charge is 0.291 e. The number of H-pyrrole nitrogens is 1. The Morgan fingerprint density at radius 3 is 2.69 bits per heavy atom. The first-order chi connectivity index (χ1) is 15.5. The fourth-order valence-electron chi connectivity index (χ4n) is 3.81. The molecule has 1 aliphatic heterocycles. The average molecular weight is 435 g/mol. The number of ether oxygens (including phenoxy) is 1. The Labute approximate surface area is 186 Å². The number of benzene rings is 1. The Morgan fingerprint density at radius 1 is 1.22 bits per heavy atom. The van der Waals surface area contributed by atoms with E-state index in [0.29, 0.717) is 13.0 Å². The van der Waals surface area contributed by atoms with Crippen LogP contribution in [0.5, 0.6) is 0 Å². The lowest BCUT2D eigenvalue weighted by atomic mass is 9.90. The van der Waals surface area contributed by atoms with E-state index in [9.17, 15) is 9.59 Å². The summed E-state index contributed by atoms with van der Waals surface area (Å²) in [5.74, 6) is -0.399. The summed E-state index contributed by atoms with van der Waals surface area (Å²) in [4.78, 5) is 35.8. The first-order valence-corrected chi connectivity index (χ1v) is 10.6. The van der Waals surface area contributed by atoms with Crippen LogP contribution < -0.4 is 5.32 Å². The van der Waals surface area contributed by atoms with E-state index >= 15 is 0 Å². The van der Waals surface area contributed by atoms with Gasteiger partial charge >= 0.3 is 0 Å². The lowest BCUT2D eigenvalue weighted by molar-refractivity contribution is -0.157. The number of aromatic amines is 1. The number of morpholine rings is 1. The largest absolute Gasteiger partial charge is 0.361 e. The van der Waals surface area contributed by atoms with Crippen molar-refractivity contribution in [3.8, 4) is 11.1 Å². The van der Waals surface area contributed by atoms with E-state index in [1.807, 2.05) is 56.4 Å². The van der Waals surface area contributed by atoms with Gasteiger partial charge in [0.2, 0.25) is 5.82 Å². The number of amides is 2. The molecule has 1 aliphatic rings. The third-order valence-corrected chi connectivity index (χ3v) is 5.36. The van der Waals surface area contributed by atoms with E-state index in [1.165, 1.54) is 6.33 Å². The van der Waals surface area contributed by atoms with Crippen LogP contribution in [0.4, 0.5) is 0 Å². The number of carbonyl (C=O) groups excluding carboxylic acids is 2. The number of aromatic nitrogens is 4. The van der Waals surface area contributed by atoms with Crippen LogP contribution in [0.15, 0.2) is 55.1 Å². The molecule has 3 aromatic rings. The molecule has 2 amide bonds. The molecular weight excluding hydrogens is 408 g/mol. The van der Waals surface area contributed by atoms with Crippen LogP contribution in [0, 0.1) is 0 Å². The molecule has 2 aromatic heterocycles. The first-order valence-electron chi connectivity index (χ1n) is 10.6. The van der Waals surface area contributed by atoms with Gasteiger partial charge in [0, 0.05) is 31.4 Å². The lowest BCUT2D eigenvalue weighted by Crippen LogP contribution is -2.62. The van der Waals surface area contributed by atoms with E-state index in [1.54, 1.807) is 11.1 Å². The SMILES string of the molecule is CC(C)NC(=O)[C@]1(Cc2ccc(-c3cccnc3)cc2)CN(C(=O)c2ncn[nH]2)CCO1. The van der Waals surface area contributed by atoms with Crippen LogP contribution in [-0.2, 0) is 16.0 Å². The maximum atomic E-state index is 13.3. The van der Waals surface area contributed by atoms with Crippen molar-refractivity contribution >= 4 is 11.8 Å². The van der Waals surface area contributed by atoms with Crippen molar-refractivity contribution in [2.45, 2.75) is 31.9 Å². The molecule has 9 nitrogen and oxygen atoms in total. The van der Waals surface area contributed by atoms with Gasteiger partial charge in [-0.1, -0.05) is 30.3 Å². The van der Waals surface area contributed by atoms with Crippen LogP contribution in [0.2, 0.25) is 0 Å². The summed E-state index contributed by atoms with van der Waals surface area (Å²) < 4.78 is 6.08. The predicted molar refractivity (Wildman–Crippen MR) is 118 cm³/mol. The minimum absolute atomic E-state index is 0.0590. The maximum Gasteiger partial charge on any atom is 0.291 e. The number of nitrogens with zero attached hydrogens (tertiary/aromatic N) is 4. The molecule has 1 saturated heterocycles. The molecule has 32 heavy (non-hydrogen) atoms. The highest BCUT2D eigenvalue weighted by Gasteiger charge is 2.45. The molecule has 0 spiro atoms. The Kier molecular flexibility index (Phi) is 6.27. The molecule has 1 fully saturated rings. The van der Waals surface area contributed by atoms with Gasteiger partial charge in [-0.25, -0.2) is 4.98 Å². The Morgan fingerprint density at radius 2 is 2.03 bits per heavy atom. The Bertz CT molecular complexity index is 1050. The molecule has 4 rings (SSSR count). The second-order valence-electron chi connectivity index (χ2n) is 8.15. The Hall–Kier alpha value is -3.59. The summed E-state index contributed by atoms with van der Waals surface area (Å²) in [5.41, 5.74) is 1.79. The molecule has 0 unspecified atom stereocenters. The molecular formula is C23H26N6O3. The molecule has 0 aliphatic carbocycles. The molecule has 2 N–H and O–H groups in total. The lowest BCUT2D eigenvalue weighted by Gasteiger charge is -2.41. The van der Waals surface area contributed by atoms with Crippen molar-refractivity contribution in [1.82, 2.24) is 30.4 Å². The third kappa shape index (κ3) is 4.67. The topological polar surface area (TPSA) is 113 Å². The quantitative estimate of drug-likeness (QED) is 0.612. The minimum atomic E-state index is -1.20. The zero-order valence-electron chi connectivity index (χ0n) is 18.1. The number of hydrogen-bond donors (Lipinski definition) is 2. The van der Waals surface area contributed by atoms with Crippen molar-refractivity contribution < 1.29 is 14.3 Å². The van der Waals surface area contributed by atoms with Gasteiger partial charge in [0.1, 0.15) is 6.33 Å². The highest BCUT2D eigenvalue weighted by Crippen LogP contribution is 2.27. The van der Waals surface area contributed by atoms with E-state index in [-0.39, 0.29) is 36.8 Å². The van der Waals surface area contributed by atoms with Crippen LogP contribution >= 0.6 is 0 Å². The first kappa shape index (κ1) is 21.6. The molecule has 1 aromatic carbocycles. The number of nitrogens with one attached hydrogen (secondary N) is 2. The predicted octanol–water partition coefficient (Wildman–Crippen LogP) is 1.85. The molecule has 0 radical (unpaired) electrons. The molecule has 0 bridgehead atoms. The summed E-state index contributed by atoms with van der Waals surface area (Å²) in [7, 11) is 0. The van der Waals surface area contributed by atoms with Crippen LogP contribution in [0.1, 0.15) is 30.0 Å². The standard InChI is InChI=1S/C23H26N6O3/c1-16(2)27-22(31)23(14-29(10-11-32-23)21(30)20-25-15-26-28-20)12-17-5-7-18(8-6-17)19-4-3-9-24-13-19/h3-9,13,15-16H,10-12,14H2,1-2H3,(H,27,31)(H,25,26,28)/t23-/m0/s1. The molecule has 9 heteroatoms. The van der Waals surface area contributed by atoms with Crippen LogP contribution in [0.3, 0.4) is 0 Å². The number of rotatable bonds is 6. The van der Waals surface area contributed by atoms with E-state index in [4.69, 9.17) is 4.74 Å². The van der Waals surface area contributed by atoms with Crippen LogP contribution in [0.25, 0.3) is 11.1 Å². The van der Waals surface area contributed by atoms with Crippen molar-refractivity contribution in [2.24, 2.45) is 0 Å². The Balaban J connectivity index is 1.59. The van der Waals surface area contributed by atoms with E-state index in [0.717, 1.165) is 16.7 Å². The van der Waals surface area contributed by atoms with Crippen molar-refractivity contribution in [2.75, 3.05) is 19.7 Å². The second kappa shape index (κ2) is 9.27. The highest BCUT2D eigenvalue weighted by molar-refractivity contribution is 5.92. The van der Waals surface area contributed by atoms with Gasteiger partial charge in [0.05, 0.1) is 13.2 Å². The summed E-state index contributed by atoms with van der Waals surface area (Å²) in [6, 6.07) is 11.8.